The molecule has 0 N–H and O–H groups in total. The van der Waals surface area contributed by atoms with Crippen molar-refractivity contribution in [1.29, 1.82) is 0 Å². The number of para-hydroxylation sites is 1. The fraction of sp³-hybridized carbons (Fsp3) is 0.545. The number of nitrogens with zero attached hydrogens (tertiary/aromatic N) is 3. The normalized spacial score (nSPS) is 19.6. The number of hydrogen-bond acceptors (Lipinski definition) is 4. The molecule has 1 saturated heterocycles. The van der Waals surface area contributed by atoms with Gasteiger partial charge in [0.2, 0.25) is 6.10 Å². The second kappa shape index (κ2) is 8.06. The van der Waals surface area contributed by atoms with Crippen LogP contribution < -0.4 is 0 Å². The lowest BCUT2D eigenvalue weighted by molar-refractivity contribution is -0.227. The van der Waals surface area contributed by atoms with E-state index in [9.17, 15) is 18.0 Å². The van der Waals surface area contributed by atoms with Crippen molar-refractivity contribution < 1.29 is 22.7 Å². The summed E-state index contributed by atoms with van der Waals surface area (Å²) in [4.78, 5) is 15.0. The molecule has 2 aromatic rings. The highest BCUT2D eigenvalue weighted by molar-refractivity contribution is 5.73. The summed E-state index contributed by atoms with van der Waals surface area (Å²) in [5.74, 6) is -1.26. The minimum atomic E-state index is -4.72. The third-order valence-corrected chi connectivity index (χ3v) is 6.07. The molecule has 1 atom stereocenters. The van der Waals surface area contributed by atoms with Crippen molar-refractivity contribution in [3.63, 3.8) is 0 Å². The van der Waals surface area contributed by atoms with E-state index in [4.69, 9.17) is 4.74 Å². The third-order valence-electron chi connectivity index (χ3n) is 6.07. The lowest BCUT2D eigenvalue weighted by Crippen LogP contribution is -2.39. The Morgan fingerprint density at radius 1 is 1.10 bits per heavy atom. The number of carbonyl (C=O) groups excluding carboxylic acids is 1. The number of benzene rings is 1. The Hall–Kier alpha value is -2.35. The van der Waals surface area contributed by atoms with E-state index < -0.39 is 24.2 Å². The summed E-state index contributed by atoms with van der Waals surface area (Å²) in [5.41, 5.74) is 1.09. The number of alkyl halides is 3. The first-order valence-corrected chi connectivity index (χ1v) is 10.4. The lowest BCUT2D eigenvalue weighted by atomic mass is 9.96. The second-order valence-corrected chi connectivity index (χ2v) is 8.23. The molecule has 2 aliphatic rings. The van der Waals surface area contributed by atoms with Crippen LogP contribution in [0.5, 0.6) is 0 Å². The predicted octanol–water partition coefficient (Wildman–Crippen LogP) is 4.51. The van der Waals surface area contributed by atoms with Gasteiger partial charge in [-0.3, -0.25) is 4.79 Å². The Morgan fingerprint density at radius 2 is 1.73 bits per heavy atom. The number of aromatic nitrogens is 2. The van der Waals surface area contributed by atoms with Gasteiger partial charge in [0.1, 0.15) is 0 Å². The van der Waals surface area contributed by atoms with Gasteiger partial charge in [0, 0.05) is 17.3 Å². The Morgan fingerprint density at radius 3 is 2.30 bits per heavy atom. The van der Waals surface area contributed by atoms with Crippen LogP contribution in [0.1, 0.15) is 48.7 Å². The molecule has 162 valence electrons. The molecule has 0 bridgehead atoms. The van der Waals surface area contributed by atoms with Crippen molar-refractivity contribution in [3.8, 4) is 5.69 Å². The number of aryl methyl sites for hydroxylation is 1. The van der Waals surface area contributed by atoms with Crippen LogP contribution >= 0.6 is 0 Å². The molecule has 30 heavy (non-hydrogen) atoms. The number of rotatable bonds is 5. The highest BCUT2D eigenvalue weighted by Gasteiger charge is 2.48. The van der Waals surface area contributed by atoms with E-state index >= 15 is 0 Å². The summed E-state index contributed by atoms with van der Waals surface area (Å²) in [6.45, 7) is 4.57. The van der Waals surface area contributed by atoms with E-state index in [1.54, 1.807) is 31.2 Å². The standard InChI is InChI=1S/C22H26F3N3O2/c1-14-19(15(2)28(26-14)18-6-4-3-5-7-18)20(22(23,24)25)30-21(29)16-10-12-27(13-11-16)17-8-9-17/h3-7,16-17,20H,8-13H2,1-2H3/t20-/m0/s1. The molecule has 4 rings (SSSR count). The summed E-state index contributed by atoms with van der Waals surface area (Å²) >= 11 is 0. The van der Waals surface area contributed by atoms with Gasteiger partial charge in [0.25, 0.3) is 0 Å². The molecule has 1 aromatic heterocycles. The maximum Gasteiger partial charge on any atom is 0.429 e. The van der Waals surface area contributed by atoms with Gasteiger partial charge in [0.15, 0.2) is 0 Å². The first kappa shape index (κ1) is 20.9. The van der Waals surface area contributed by atoms with Crippen LogP contribution in [0.4, 0.5) is 13.2 Å². The second-order valence-electron chi connectivity index (χ2n) is 8.23. The molecule has 2 fully saturated rings. The number of piperidine rings is 1. The molecule has 2 heterocycles. The van der Waals surface area contributed by atoms with Gasteiger partial charge < -0.3 is 9.64 Å². The van der Waals surface area contributed by atoms with Gasteiger partial charge in [0.05, 0.1) is 17.3 Å². The first-order chi connectivity index (χ1) is 14.3. The van der Waals surface area contributed by atoms with Crippen LogP contribution in [0.25, 0.3) is 5.69 Å². The number of esters is 1. The molecule has 1 aromatic carbocycles. The Labute approximate surface area is 173 Å². The lowest BCUT2D eigenvalue weighted by Gasteiger charge is -2.32. The molecule has 1 saturated carbocycles. The van der Waals surface area contributed by atoms with E-state index in [0.29, 0.717) is 30.3 Å². The summed E-state index contributed by atoms with van der Waals surface area (Å²) in [6.07, 6.45) is -3.60. The van der Waals surface area contributed by atoms with Crippen molar-refractivity contribution in [3.05, 3.63) is 47.3 Å². The van der Waals surface area contributed by atoms with E-state index in [1.807, 2.05) is 6.07 Å². The number of ether oxygens (including phenoxy) is 1. The fourth-order valence-electron chi connectivity index (χ4n) is 4.30. The zero-order valence-electron chi connectivity index (χ0n) is 17.2. The quantitative estimate of drug-likeness (QED) is 0.667. The molecule has 0 spiro atoms. The monoisotopic (exact) mass is 421 g/mol. The first-order valence-electron chi connectivity index (χ1n) is 10.4. The number of hydrogen-bond donors (Lipinski definition) is 0. The largest absolute Gasteiger partial charge is 0.447 e. The molecule has 1 aliphatic carbocycles. The summed E-state index contributed by atoms with van der Waals surface area (Å²) in [7, 11) is 0. The molecule has 1 aliphatic heterocycles. The maximum absolute atomic E-state index is 14.0. The third kappa shape index (κ3) is 4.24. The van der Waals surface area contributed by atoms with E-state index in [1.165, 1.54) is 24.4 Å². The molecule has 5 nitrogen and oxygen atoms in total. The molecular weight excluding hydrogens is 395 g/mol. The smallest absolute Gasteiger partial charge is 0.429 e. The van der Waals surface area contributed by atoms with Crippen molar-refractivity contribution in [2.75, 3.05) is 13.1 Å². The van der Waals surface area contributed by atoms with Crippen LogP contribution in [0.3, 0.4) is 0 Å². The topological polar surface area (TPSA) is 47.4 Å². The number of carbonyl (C=O) groups is 1. The summed E-state index contributed by atoms with van der Waals surface area (Å²) in [5, 5.41) is 4.29. The molecule has 0 amide bonds. The van der Waals surface area contributed by atoms with Crippen molar-refractivity contribution in [2.45, 2.75) is 57.9 Å². The van der Waals surface area contributed by atoms with E-state index in [0.717, 1.165) is 13.1 Å². The molecule has 0 radical (unpaired) electrons. The minimum Gasteiger partial charge on any atom is -0.447 e. The van der Waals surface area contributed by atoms with Crippen LogP contribution in [0, 0.1) is 19.8 Å². The van der Waals surface area contributed by atoms with Gasteiger partial charge in [-0.1, -0.05) is 18.2 Å². The van der Waals surface area contributed by atoms with Crippen LogP contribution in [-0.2, 0) is 9.53 Å². The minimum absolute atomic E-state index is 0.0879. The zero-order valence-corrected chi connectivity index (χ0v) is 17.2. The van der Waals surface area contributed by atoms with Crippen molar-refractivity contribution >= 4 is 5.97 Å². The fourth-order valence-corrected chi connectivity index (χ4v) is 4.30. The molecule has 0 unspecified atom stereocenters. The number of likely N-dealkylation sites (tertiary alicyclic amines) is 1. The molecule has 8 heteroatoms. The maximum atomic E-state index is 14.0. The van der Waals surface area contributed by atoms with Crippen LogP contribution in [0.2, 0.25) is 0 Å². The van der Waals surface area contributed by atoms with Crippen LogP contribution in [0.15, 0.2) is 30.3 Å². The van der Waals surface area contributed by atoms with Gasteiger partial charge in [-0.15, -0.1) is 0 Å². The van der Waals surface area contributed by atoms with Crippen LogP contribution in [-0.4, -0.2) is 46.0 Å². The Bertz CT molecular complexity index is 898. The van der Waals surface area contributed by atoms with Crippen molar-refractivity contribution in [2.24, 2.45) is 5.92 Å². The number of halogens is 3. The van der Waals surface area contributed by atoms with Gasteiger partial charge in [-0.25, -0.2) is 4.68 Å². The average Bonchev–Trinajstić information content (AvgIpc) is 3.52. The zero-order chi connectivity index (χ0) is 21.5. The summed E-state index contributed by atoms with van der Waals surface area (Å²) in [6, 6.07) is 9.54. The van der Waals surface area contributed by atoms with Crippen molar-refractivity contribution in [1.82, 2.24) is 14.7 Å². The summed E-state index contributed by atoms with van der Waals surface area (Å²) < 4.78 is 48.5. The molecular formula is C22H26F3N3O2. The van der Waals surface area contributed by atoms with Gasteiger partial charge >= 0.3 is 12.1 Å². The predicted molar refractivity (Wildman–Crippen MR) is 105 cm³/mol. The van der Waals surface area contributed by atoms with Gasteiger partial charge in [-0.05, 0) is 64.8 Å². The van der Waals surface area contributed by atoms with Gasteiger partial charge in [-0.2, -0.15) is 18.3 Å². The Kier molecular flexibility index (Phi) is 5.61. The van der Waals surface area contributed by atoms with E-state index in [2.05, 4.69) is 10.00 Å². The Balaban J connectivity index is 1.55. The van der Waals surface area contributed by atoms with E-state index in [-0.39, 0.29) is 11.3 Å². The highest BCUT2D eigenvalue weighted by atomic mass is 19.4. The average molecular weight is 421 g/mol. The SMILES string of the molecule is Cc1nn(-c2ccccc2)c(C)c1[C@H](OC(=O)C1CCN(C2CC2)CC1)C(F)(F)F. The highest BCUT2D eigenvalue weighted by Crippen LogP contribution is 2.40.